The average Bonchev–Trinajstić information content (AvgIpc) is 3.02. The van der Waals surface area contributed by atoms with Crippen LogP contribution in [0.15, 0.2) is 6.20 Å². The van der Waals surface area contributed by atoms with E-state index in [1.54, 1.807) is 0 Å². The molecule has 0 bridgehead atoms. The molecule has 0 spiro atoms. The summed E-state index contributed by atoms with van der Waals surface area (Å²) in [6, 6.07) is -0.426. The first-order valence-corrected chi connectivity index (χ1v) is 5.95. The van der Waals surface area contributed by atoms with Crippen molar-refractivity contribution in [2.24, 2.45) is 5.41 Å². The molecule has 0 unspecified atom stereocenters. The molecule has 1 aromatic heterocycles. The quantitative estimate of drug-likeness (QED) is 0.584. The molecule has 0 amide bonds. The number of hydrogen-bond donors (Lipinski definition) is 3. The second-order valence-corrected chi connectivity index (χ2v) is 4.93. The molecule has 8 heteroatoms. The summed E-state index contributed by atoms with van der Waals surface area (Å²) >= 11 is 0. The highest BCUT2D eigenvalue weighted by Gasteiger charge is 2.45. The molecule has 0 aliphatic heterocycles. The molecule has 0 aromatic carbocycles. The van der Waals surface area contributed by atoms with Crippen LogP contribution >= 0.6 is 0 Å². The number of aliphatic hydroxyl groups is 3. The second-order valence-electron chi connectivity index (χ2n) is 4.93. The number of ether oxygens (including phenoxy) is 1. The minimum atomic E-state index is -0.758. The van der Waals surface area contributed by atoms with Crippen molar-refractivity contribution in [1.29, 1.82) is 0 Å². The van der Waals surface area contributed by atoms with Gasteiger partial charge in [-0.25, -0.2) is 9.48 Å². The maximum absolute atomic E-state index is 11.3. The van der Waals surface area contributed by atoms with Crippen LogP contribution in [0.3, 0.4) is 0 Å². The lowest BCUT2D eigenvalue weighted by molar-refractivity contribution is 0.0466. The lowest BCUT2D eigenvalue weighted by Gasteiger charge is -2.23. The predicted molar refractivity (Wildman–Crippen MR) is 62.2 cm³/mol. The standard InChI is InChI=1S/C11H17N3O5/c1-19-10(18)7-4-14(13-12-7)8-2-11(5-15,6-16)3-9(8)17/h4,8-9,15-17H,2-3,5-6H2,1H3/t8-,9-/m1/s1. The SMILES string of the molecule is COC(=O)c1cn([C@@H]2CC(CO)(CO)C[C@H]2O)nn1. The summed E-state index contributed by atoms with van der Waals surface area (Å²) in [7, 11) is 1.24. The van der Waals surface area contributed by atoms with Crippen molar-refractivity contribution >= 4 is 5.97 Å². The fourth-order valence-corrected chi connectivity index (χ4v) is 2.46. The summed E-state index contributed by atoms with van der Waals surface area (Å²) in [5.74, 6) is -0.602. The van der Waals surface area contributed by atoms with Gasteiger partial charge in [0.1, 0.15) is 0 Å². The van der Waals surface area contributed by atoms with Gasteiger partial charge in [-0.3, -0.25) is 0 Å². The van der Waals surface area contributed by atoms with E-state index >= 15 is 0 Å². The summed E-state index contributed by atoms with van der Waals surface area (Å²) in [5, 5.41) is 36.2. The van der Waals surface area contributed by atoms with Crippen LogP contribution in [0.5, 0.6) is 0 Å². The molecule has 1 saturated carbocycles. The van der Waals surface area contributed by atoms with Gasteiger partial charge in [0.2, 0.25) is 0 Å². The van der Waals surface area contributed by atoms with Crippen LogP contribution < -0.4 is 0 Å². The number of aliphatic hydroxyl groups excluding tert-OH is 3. The average molecular weight is 271 g/mol. The van der Waals surface area contributed by atoms with Gasteiger partial charge in [-0.1, -0.05) is 5.21 Å². The van der Waals surface area contributed by atoms with Gasteiger partial charge in [0.15, 0.2) is 5.69 Å². The maximum atomic E-state index is 11.3. The van der Waals surface area contributed by atoms with Crippen LogP contribution in [-0.2, 0) is 4.74 Å². The number of carbonyl (C=O) groups excluding carboxylic acids is 1. The summed E-state index contributed by atoms with van der Waals surface area (Å²) in [5.41, 5.74) is -0.665. The lowest BCUT2D eigenvalue weighted by atomic mass is 9.88. The first-order chi connectivity index (χ1) is 9.05. The van der Waals surface area contributed by atoms with Crippen LogP contribution in [0.25, 0.3) is 0 Å². The third-order valence-electron chi connectivity index (χ3n) is 3.64. The zero-order valence-electron chi connectivity index (χ0n) is 10.6. The minimum Gasteiger partial charge on any atom is -0.464 e. The molecule has 1 aliphatic rings. The monoisotopic (exact) mass is 271 g/mol. The highest BCUT2D eigenvalue weighted by atomic mass is 16.5. The Morgan fingerprint density at radius 1 is 1.53 bits per heavy atom. The first-order valence-electron chi connectivity index (χ1n) is 5.95. The number of nitrogens with zero attached hydrogens (tertiary/aromatic N) is 3. The molecule has 2 atom stereocenters. The Morgan fingerprint density at radius 3 is 2.74 bits per heavy atom. The van der Waals surface area contributed by atoms with E-state index in [2.05, 4.69) is 15.0 Å². The molecule has 19 heavy (non-hydrogen) atoms. The number of rotatable bonds is 4. The number of carbonyl (C=O) groups is 1. The molecule has 1 aliphatic carbocycles. The highest BCUT2D eigenvalue weighted by molar-refractivity contribution is 5.86. The Bertz CT molecular complexity index is 457. The fourth-order valence-electron chi connectivity index (χ4n) is 2.46. The van der Waals surface area contributed by atoms with E-state index in [0.29, 0.717) is 6.42 Å². The maximum Gasteiger partial charge on any atom is 0.360 e. The van der Waals surface area contributed by atoms with Gasteiger partial charge < -0.3 is 20.1 Å². The molecule has 0 radical (unpaired) electrons. The third kappa shape index (κ3) is 2.46. The van der Waals surface area contributed by atoms with Crippen molar-refractivity contribution in [2.45, 2.75) is 25.0 Å². The van der Waals surface area contributed by atoms with Gasteiger partial charge in [-0.15, -0.1) is 5.10 Å². The summed E-state index contributed by atoms with van der Waals surface area (Å²) in [6.45, 7) is -0.425. The van der Waals surface area contributed by atoms with Gasteiger partial charge >= 0.3 is 5.97 Å². The molecule has 1 heterocycles. The molecule has 1 aromatic rings. The van der Waals surface area contributed by atoms with Crippen molar-refractivity contribution in [1.82, 2.24) is 15.0 Å². The normalized spacial score (nSPS) is 25.5. The predicted octanol–water partition coefficient (Wildman–Crippen LogP) is -1.27. The highest BCUT2D eigenvalue weighted by Crippen LogP contribution is 2.43. The Kier molecular flexibility index (Phi) is 3.83. The van der Waals surface area contributed by atoms with Gasteiger partial charge in [0.05, 0.1) is 38.7 Å². The van der Waals surface area contributed by atoms with Crippen LogP contribution in [0, 0.1) is 5.41 Å². The molecular formula is C11H17N3O5. The van der Waals surface area contributed by atoms with Gasteiger partial charge in [0.25, 0.3) is 0 Å². The van der Waals surface area contributed by atoms with E-state index in [-0.39, 0.29) is 25.3 Å². The zero-order valence-corrected chi connectivity index (χ0v) is 10.6. The van der Waals surface area contributed by atoms with E-state index in [0.717, 1.165) is 0 Å². The van der Waals surface area contributed by atoms with Gasteiger partial charge in [-0.2, -0.15) is 0 Å². The number of hydrogen-bond acceptors (Lipinski definition) is 7. The van der Waals surface area contributed by atoms with E-state index in [1.807, 2.05) is 0 Å². The molecule has 106 valence electrons. The summed E-state index contributed by atoms with van der Waals surface area (Å²) < 4.78 is 5.90. The summed E-state index contributed by atoms with van der Waals surface area (Å²) in [4.78, 5) is 11.3. The van der Waals surface area contributed by atoms with Gasteiger partial charge in [-0.05, 0) is 12.8 Å². The van der Waals surface area contributed by atoms with Crippen molar-refractivity contribution in [3.63, 3.8) is 0 Å². The molecule has 0 saturated heterocycles. The first kappa shape index (κ1) is 13.9. The Balaban J connectivity index is 2.18. The topological polar surface area (TPSA) is 118 Å². The van der Waals surface area contributed by atoms with Crippen LogP contribution in [0.4, 0.5) is 0 Å². The van der Waals surface area contributed by atoms with Crippen molar-refractivity contribution in [3.05, 3.63) is 11.9 Å². The minimum absolute atomic E-state index is 0.0557. The third-order valence-corrected chi connectivity index (χ3v) is 3.64. The van der Waals surface area contributed by atoms with E-state index < -0.39 is 23.5 Å². The number of aromatic nitrogens is 3. The van der Waals surface area contributed by atoms with E-state index in [4.69, 9.17) is 0 Å². The Labute approximate surface area is 109 Å². The van der Waals surface area contributed by atoms with Crippen LogP contribution in [0.2, 0.25) is 0 Å². The van der Waals surface area contributed by atoms with Crippen LogP contribution in [0.1, 0.15) is 29.4 Å². The van der Waals surface area contributed by atoms with E-state index in [1.165, 1.54) is 18.0 Å². The molecule has 3 N–H and O–H groups in total. The number of esters is 1. The Morgan fingerprint density at radius 2 is 2.21 bits per heavy atom. The van der Waals surface area contributed by atoms with Crippen molar-refractivity contribution < 1.29 is 24.9 Å². The second kappa shape index (κ2) is 5.24. The molecule has 2 rings (SSSR count). The van der Waals surface area contributed by atoms with Crippen molar-refractivity contribution in [2.75, 3.05) is 20.3 Å². The fraction of sp³-hybridized carbons (Fsp3) is 0.727. The van der Waals surface area contributed by atoms with Gasteiger partial charge in [0, 0.05) is 5.41 Å². The van der Waals surface area contributed by atoms with Crippen molar-refractivity contribution in [3.8, 4) is 0 Å². The molecule has 8 nitrogen and oxygen atoms in total. The molecular weight excluding hydrogens is 254 g/mol. The lowest BCUT2D eigenvalue weighted by Crippen LogP contribution is -2.27. The smallest absolute Gasteiger partial charge is 0.360 e. The largest absolute Gasteiger partial charge is 0.464 e. The Hall–Kier alpha value is -1.51. The van der Waals surface area contributed by atoms with Crippen LogP contribution in [-0.4, -0.2) is 62.7 Å². The molecule has 1 fully saturated rings. The number of methoxy groups -OCH3 is 1. The van der Waals surface area contributed by atoms with E-state index in [9.17, 15) is 20.1 Å². The summed E-state index contributed by atoms with van der Waals surface area (Å²) in [6.07, 6.45) is 1.28. The zero-order chi connectivity index (χ0) is 14.0.